The number of hydrogen-bond acceptors (Lipinski definition) is 3. The summed E-state index contributed by atoms with van der Waals surface area (Å²) in [7, 11) is 0. The molecule has 0 fully saturated rings. The average molecular weight is 238 g/mol. The van der Waals surface area contributed by atoms with Gasteiger partial charge in [-0.25, -0.2) is 0 Å². The van der Waals surface area contributed by atoms with Crippen molar-refractivity contribution in [3.05, 3.63) is 29.8 Å². The highest BCUT2D eigenvalue weighted by molar-refractivity contribution is 7.98. The van der Waals surface area contributed by atoms with Crippen LogP contribution in [0, 0.1) is 0 Å². The number of carbonyl (C=O) groups is 2. The molecule has 0 unspecified atom stereocenters. The topological polar surface area (TPSA) is 72.2 Å². The second-order valence-electron chi connectivity index (χ2n) is 3.23. The fourth-order valence-corrected chi connectivity index (χ4v) is 1.53. The summed E-state index contributed by atoms with van der Waals surface area (Å²) in [5.74, 6) is 0.298. The Kier molecular flexibility index (Phi) is 4.85. The van der Waals surface area contributed by atoms with Crippen LogP contribution in [0.4, 0.5) is 5.69 Å². The minimum atomic E-state index is -0.472. The van der Waals surface area contributed by atoms with Gasteiger partial charge >= 0.3 is 0 Å². The zero-order valence-electron chi connectivity index (χ0n) is 9.03. The predicted molar refractivity (Wildman–Crippen MR) is 66.6 cm³/mol. The van der Waals surface area contributed by atoms with Crippen LogP contribution in [-0.4, -0.2) is 23.8 Å². The molecule has 0 saturated carbocycles. The summed E-state index contributed by atoms with van der Waals surface area (Å²) in [5.41, 5.74) is 6.21. The van der Waals surface area contributed by atoms with Crippen molar-refractivity contribution in [2.45, 2.75) is 6.42 Å². The molecule has 0 aromatic heterocycles. The monoisotopic (exact) mass is 238 g/mol. The first-order valence-corrected chi connectivity index (χ1v) is 6.21. The van der Waals surface area contributed by atoms with Crippen molar-refractivity contribution in [1.29, 1.82) is 0 Å². The van der Waals surface area contributed by atoms with E-state index in [1.165, 1.54) is 0 Å². The molecule has 0 saturated heterocycles. The first kappa shape index (κ1) is 12.6. The van der Waals surface area contributed by atoms with Crippen molar-refractivity contribution >= 4 is 29.3 Å². The van der Waals surface area contributed by atoms with Gasteiger partial charge in [-0.05, 0) is 30.5 Å². The summed E-state index contributed by atoms with van der Waals surface area (Å²) in [6, 6.07) is 6.51. The number of nitrogens with two attached hydrogens (primary N) is 1. The molecule has 0 aliphatic heterocycles. The molecule has 0 spiro atoms. The third-order valence-corrected chi connectivity index (χ3v) is 2.60. The highest BCUT2D eigenvalue weighted by Crippen LogP contribution is 2.09. The number of benzene rings is 1. The molecule has 3 N–H and O–H groups in total. The Morgan fingerprint density at radius 1 is 1.31 bits per heavy atom. The summed E-state index contributed by atoms with van der Waals surface area (Å²) in [5, 5.41) is 2.74. The summed E-state index contributed by atoms with van der Waals surface area (Å²) in [6.07, 6.45) is 2.44. The molecule has 0 heterocycles. The molecular weight excluding hydrogens is 224 g/mol. The molecule has 5 heteroatoms. The van der Waals surface area contributed by atoms with E-state index >= 15 is 0 Å². The van der Waals surface area contributed by atoms with Gasteiger partial charge in [-0.1, -0.05) is 0 Å². The second-order valence-corrected chi connectivity index (χ2v) is 4.22. The molecule has 0 aliphatic rings. The van der Waals surface area contributed by atoms with E-state index in [-0.39, 0.29) is 5.91 Å². The van der Waals surface area contributed by atoms with Gasteiger partial charge in [0.2, 0.25) is 11.8 Å². The van der Waals surface area contributed by atoms with Crippen LogP contribution in [0.25, 0.3) is 0 Å². The molecule has 0 radical (unpaired) electrons. The lowest BCUT2D eigenvalue weighted by atomic mass is 10.2. The molecule has 86 valence electrons. The summed E-state index contributed by atoms with van der Waals surface area (Å²) < 4.78 is 0. The Bertz CT molecular complexity index is 376. The van der Waals surface area contributed by atoms with Crippen LogP contribution in [0.2, 0.25) is 0 Å². The van der Waals surface area contributed by atoms with Crippen LogP contribution in [-0.2, 0) is 4.79 Å². The second kappa shape index (κ2) is 6.17. The Morgan fingerprint density at radius 2 is 1.94 bits per heavy atom. The van der Waals surface area contributed by atoms with E-state index in [0.717, 1.165) is 5.75 Å². The van der Waals surface area contributed by atoms with Crippen LogP contribution < -0.4 is 11.1 Å². The molecular formula is C11H14N2O2S. The van der Waals surface area contributed by atoms with E-state index in [2.05, 4.69) is 5.32 Å². The number of rotatable bonds is 5. The number of nitrogens with one attached hydrogen (secondary N) is 1. The molecule has 16 heavy (non-hydrogen) atoms. The maximum Gasteiger partial charge on any atom is 0.248 e. The first-order valence-electron chi connectivity index (χ1n) is 4.82. The minimum Gasteiger partial charge on any atom is -0.366 e. The number of primary amides is 1. The Hall–Kier alpha value is -1.49. The van der Waals surface area contributed by atoms with Crippen molar-refractivity contribution in [3.8, 4) is 0 Å². The number of amides is 2. The van der Waals surface area contributed by atoms with Gasteiger partial charge in [0, 0.05) is 23.4 Å². The first-order chi connectivity index (χ1) is 7.63. The maximum atomic E-state index is 11.4. The molecule has 0 atom stereocenters. The molecule has 0 bridgehead atoms. The maximum absolute atomic E-state index is 11.4. The third-order valence-electron chi connectivity index (χ3n) is 1.99. The van der Waals surface area contributed by atoms with E-state index in [4.69, 9.17) is 5.73 Å². The Labute approximate surface area is 98.6 Å². The van der Waals surface area contributed by atoms with Crippen molar-refractivity contribution < 1.29 is 9.59 Å². The lowest BCUT2D eigenvalue weighted by Gasteiger charge is -2.04. The van der Waals surface area contributed by atoms with Crippen LogP contribution in [0.1, 0.15) is 16.8 Å². The van der Waals surface area contributed by atoms with Crippen LogP contribution >= 0.6 is 11.8 Å². The lowest BCUT2D eigenvalue weighted by Crippen LogP contribution is -2.13. The van der Waals surface area contributed by atoms with Gasteiger partial charge in [0.25, 0.3) is 0 Å². The Morgan fingerprint density at radius 3 is 2.44 bits per heavy atom. The third kappa shape index (κ3) is 3.94. The smallest absolute Gasteiger partial charge is 0.248 e. The summed E-state index contributed by atoms with van der Waals surface area (Å²) >= 11 is 1.62. The number of thioether (sulfide) groups is 1. The van der Waals surface area contributed by atoms with Crippen molar-refractivity contribution in [3.63, 3.8) is 0 Å². The van der Waals surface area contributed by atoms with Gasteiger partial charge in [-0.15, -0.1) is 0 Å². The molecule has 1 aromatic rings. The predicted octanol–water partition coefficient (Wildman–Crippen LogP) is 1.48. The number of hydrogen-bond donors (Lipinski definition) is 2. The Balaban J connectivity index is 2.55. The number of anilines is 1. The van der Waals surface area contributed by atoms with E-state index in [0.29, 0.717) is 17.7 Å². The van der Waals surface area contributed by atoms with Gasteiger partial charge in [0.15, 0.2) is 0 Å². The van der Waals surface area contributed by atoms with Crippen LogP contribution in [0.15, 0.2) is 24.3 Å². The number of carbonyl (C=O) groups excluding carboxylic acids is 2. The van der Waals surface area contributed by atoms with Crippen molar-refractivity contribution in [1.82, 2.24) is 0 Å². The average Bonchev–Trinajstić information content (AvgIpc) is 2.27. The van der Waals surface area contributed by atoms with E-state index in [9.17, 15) is 9.59 Å². The highest BCUT2D eigenvalue weighted by atomic mass is 32.2. The SMILES string of the molecule is CSCCC(=O)Nc1ccc(C(N)=O)cc1. The quantitative estimate of drug-likeness (QED) is 0.816. The zero-order chi connectivity index (χ0) is 12.0. The van der Waals surface area contributed by atoms with E-state index in [1.54, 1.807) is 36.0 Å². The zero-order valence-corrected chi connectivity index (χ0v) is 9.84. The minimum absolute atomic E-state index is 0.0267. The van der Waals surface area contributed by atoms with Crippen molar-refractivity contribution in [2.24, 2.45) is 5.73 Å². The van der Waals surface area contributed by atoms with E-state index < -0.39 is 5.91 Å². The van der Waals surface area contributed by atoms with Gasteiger partial charge in [-0.3, -0.25) is 9.59 Å². The standard InChI is InChI=1S/C11H14N2O2S/c1-16-7-6-10(14)13-9-4-2-8(3-5-9)11(12)15/h2-5H,6-7H2,1H3,(H2,12,15)(H,13,14). The summed E-state index contributed by atoms with van der Waals surface area (Å²) in [4.78, 5) is 22.2. The lowest BCUT2D eigenvalue weighted by molar-refractivity contribution is -0.115. The molecule has 2 amide bonds. The molecule has 1 rings (SSSR count). The fourth-order valence-electron chi connectivity index (χ4n) is 1.14. The van der Waals surface area contributed by atoms with Gasteiger partial charge < -0.3 is 11.1 Å². The summed E-state index contributed by atoms with van der Waals surface area (Å²) in [6.45, 7) is 0. The van der Waals surface area contributed by atoms with Crippen LogP contribution in [0.3, 0.4) is 0 Å². The van der Waals surface area contributed by atoms with Gasteiger partial charge in [0.05, 0.1) is 0 Å². The molecule has 0 aliphatic carbocycles. The van der Waals surface area contributed by atoms with Gasteiger partial charge in [-0.2, -0.15) is 11.8 Å². The van der Waals surface area contributed by atoms with Crippen LogP contribution in [0.5, 0.6) is 0 Å². The normalized spacial score (nSPS) is 9.81. The fraction of sp³-hybridized carbons (Fsp3) is 0.273. The highest BCUT2D eigenvalue weighted by Gasteiger charge is 2.03. The van der Waals surface area contributed by atoms with Crippen molar-refractivity contribution in [2.75, 3.05) is 17.3 Å². The molecule has 1 aromatic carbocycles. The largest absolute Gasteiger partial charge is 0.366 e. The molecule has 4 nitrogen and oxygen atoms in total. The van der Waals surface area contributed by atoms with Gasteiger partial charge in [0.1, 0.15) is 0 Å². The van der Waals surface area contributed by atoms with E-state index in [1.807, 2.05) is 6.26 Å².